The second-order valence-electron chi connectivity index (χ2n) is 7.21. The zero-order chi connectivity index (χ0) is 14.9. The van der Waals surface area contributed by atoms with Gasteiger partial charge in [0.1, 0.15) is 11.5 Å². The van der Waals surface area contributed by atoms with Crippen LogP contribution in [0.15, 0.2) is 0 Å². The van der Waals surface area contributed by atoms with Crippen LogP contribution >= 0.6 is 0 Å². The van der Waals surface area contributed by atoms with Gasteiger partial charge in [0.2, 0.25) is 0 Å². The monoisotopic (exact) mass is 273 g/mol. The van der Waals surface area contributed by atoms with Crippen molar-refractivity contribution in [2.24, 2.45) is 5.41 Å². The van der Waals surface area contributed by atoms with Crippen molar-refractivity contribution in [2.75, 3.05) is 13.2 Å². The number of aliphatic hydroxyl groups excluding tert-OH is 2. The number of esters is 1. The number of hydrogen-bond donors (Lipinski definition) is 3. The molecule has 0 amide bonds. The van der Waals surface area contributed by atoms with Crippen LogP contribution in [0.5, 0.6) is 0 Å². The molecule has 0 atom stereocenters. The van der Waals surface area contributed by atoms with Crippen molar-refractivity contribution in [1.82, 2.24) is 5.32 Å². The van der Waals surface area contributed by atoms with Crippen LogP contribution in [0.4, 0.5) is 0 Å². The van der Waals surface area contributed by atoms with E-state index in [1.807, 2.05) is 0 Å². The van der Waals surface area contributed by atoms with E-state index in [1.54, 1.807) is 0 Å². The van der Waals surface area contributed by atoms with Gasteiger partial charge in [0.25, 0.3) is 0 Å². The van der Waals surface area contributed by atoms with Crippen LogP contribution in [0, 0.1) is 5.41 Å². The van der Waals surface area contributed by atoms with E-state index >= 15 is 0 Å². The first-order valence-electron chi connectivity index (χ1n) is 6.76. The van der Waals surface area contributed by atoms with E-state index < -0.39 is 24.6 Å². The SMILES string of the molecule is CC1(C)CC(OC(=O)C(C)(CO)CO)CC(C)(C)N1. The van der Waals surface area contributed by atoms with Crippen molar-refractivity contribution in [1.29, 1.82) is 0 Å². The molecule has 112 valence electrons. The minimum Gasteiger partial charge on any atom is -0.462 e. The number of piperidine rings is 1. The molecule has 19 heavy (non-hydrogen) atoms. The summed E-state index contributed by atoms with van der Waals surface area (Å²) in [5, 5.41) is 21.9. The Morgan fingerprint density at radius 1 is 1.21 bits per heavy atom. The summed E-state index contributed by atoms with van der Waals surface area (Å²) in [7, 11) is 0. The average Bonchev–Trinajstić information content (AvgIpc) is 2.23. The molecule has 5 nitrogen and oxygen atoms in total. The zero-order valence-corrected chi connectivity index (χ0v) is 12.6. The van der Waals surface area contributed by atoms with E-state index in [1.165, 1.54) is 6.92 Å². The average molecular weight is 273 g/mol. The fourth-order valence-corrected chi connectivity index (χ4v) is 2.78. The first-order chi connectivity index (χ1) is 8.53. The Balaban J connectivity index is 2.74. The summed E-state index contributed by atoms with van der Waals surface area (Å²) in [6, 6.07) is 0. The number of ether oxygens (including phenoxy) is 1. The van der Waals surface area contributed by atoms with E-state index in [0.717, 1.165) is 12.8 Å². The number of rotatable bonds is 4. The molecule has 0 aromatic heterocycles. The number of nitrogens with one attached hydrogen (secondary N) is 1. The quantitative estimate of drug-likeness (QED) is 0.661. The minimum atomic E-state index is -1.22. The summed E-state index contributed by atoms with van der Waals surface area (Å²) in [5.74, 6) is -0.531. The van der Waals surface area contributed by atoms with Gasteiger partial charge >= 0.3 is 5.97 Å². The maximum Gasteiger partial charge on any atom is 0.316 e. The summed E-state index contributed by atoms with van der Waals surface area (Å²) in [5.41, 5.74) is -1.44. The molecule has 1 aliphatic rings. The van der Waals surface area contributed by atoms with Gasteiger partial charge in [-0.1, -0.05) is 0 Å². The lowest BCUT2D eigenvalue weighted by molar-refractivity contribution is -0.169. The van der Waals surface area contributed by atoms with Crippen LogP contribution in [0.3, 0.4) is 0 Å². The van der Waals surface area contributed by atoms with Gasteiger partial charge in [0.15, 0.2) is 0 Å². The van der Waals surface area contributed by atoms with Gasteiger partial charge in [-0.15, -0.1) is 0 Å². The van der Waals surface area contributed by atoms with Crippen molar-refractivity contribution in [3.63, 3.8) is 0 Å². The maximum absolute atomic E-state index is 12.1. The van der Waals surface area contributed by atoms with E-state index in [-0.39, 0.29) is 17.2 Å². The van der Waals surface area contributed by atoms with Gasteiger partial charge in [-0.05, 0) is 34.6 Å². The smallest absolute Gasteiger partial charge is 0.316 e. The first kappa shape index (κ1) is 16.4. The molecule has 0 aromatic carbocycles. The molecular formula is C14H27NO4. The largest absolute Gasteiger partial charge is 0.462 e. The molecule has 1 aliphatic heterocycles. The Bertz CT molecular complexity index is 318. The lowest BCUT2D eigenvalue weighted by atomic mass is 9.81. The van der Waals surface area contributed by atoms with Crippen molar-refractivity contribution < 1.29 is 19.7 Å². The molecule has 3 N–H and O–H groups in total. The summed E-state index contributed by atoms with van der Waals surface area (Å²) in [6.45, 7) is 8.98. The van der Waals surface area contributed by atoms with E-state index in [9.17, 15) is 15.0 Å². The maximum atomic E-state index is 12.1. The minimum absolute atomic E-state index is 0.110. The van der Waals surface area contributed by atoms with Crippen molar-refractivity contribution in [3.8, 4) is 0 Å². The Hall–Kier alpha value is -0.650. The fourth-order valence-electron chi connectivity index (χ4n) is 2.78. The molecule has 0 saturated carbocycles. The topological polar surface area (TPSA) is 78.8 Å². The molecule has 0 unspecified atom stereocenters. The molecule has 0 aliphatic carbocycles. The third-order valence-electron chi connectivity index (χ3n) is 3.62. The normalized spacial score (nSPS) is 23.1. The Labute approximate surface area is 115 Å². The highest BCUT2D eigenvalue weighted by Gasteiger charge is 2.42. The lowest BCUT2D eigenvalue weighted by Crippen LogP contribution is -2.60. The van der Waals surface area contributed by atoms with Gasteiger partial charge in [0.05, 0.1) is 13.2 Å². The summed E-state index contributed by atoms with van der Waals surface area (Å²) in [6.07, 6.45) is 1.24. The van der Waals surface area contributed by atoms with Gasteiger partial charge < -0.3 is 20.3 Å². The fraction of sp³-hybridized carbons (Fsp3) is 0.929. The number of carbonyl (C=O) groups is 1. The highest BCUT2D eigenvalue weighted by Crippen LogP contribution is 2.31. The van der Waals surface area contributed by atoms with Crippen LogP contribution in [-0.4, -0.2) is 46.6 Å². The molecule has 0 bridgehead atoms. The summed E-state index contributed by atoms with van der Waals surface area (Å²) >= 11 is 0. The van der Waals surface area contributed by atoms with Crippen LogP contribution in [0.1, 0.15) is 47.5 Å². The molecule has 1 heterocycles. The van der Waals surface area contributed by atoms with Crippen LogP contribution in [0.25, 0.3) is 0 Å². The Morgan fingerprint density at radius 3 is 2.00 bits per heavy atom. The first-order valence-corrected chi connectivity index (χ1v) is 6.76. The molecular weight excluding hydrogens is 246 g/mol. The number of aliphatic hydroxyl groups is 2. The second kappa shape index (κ2) is 5.38. The van der Waals surface area contributed by atoms with Crippen LogP contribution in [-0.2, 0) is 9.53 Å². The highest BCUT2D eigenvalue weighted by molar-refractivity contribution is 5.76. The second-order valence-corrected chi connectivity index (χ2v) is 7.21. The van der Waals surface area contributed by atoms with Crippen molar-refractivity contribution >= 4 is 5.97 Å². The van der Waals surface area contributed by atoms with Crippen LogP contribution < -0.4 is 5.32 Å². The van der Waals surface area contributed by atoms with E-state index in [0.29, 0.717) is 0 Å². The standard InChI is InChI=1S/C14H27NO4/c1-12(2)6-10(7-13(3,4)15-12)19-11(18)14(5,8-16)9-17/h10,15-17H,6-9H2,1-5H3. The lowest BCUT2D eigenvalue weighted by Gasteiger charge is -2.46. The molecule has 5 heteroatoms. The molecule has 0 radical (unpaired) electrons. The van der Waals surface area contributed by atoms with Crippen molar-refractivity contribution in [3.05, 3.63) is 0 Å². The predicted molar refractivity (Wildman–Crippen MR) is 72.7 cm³/mol. The number of carbonyl (C=O) groups excluding carboxylic acids is 1. The van der Waals surface area contributed by atoms with E-state index in [2.05, 4.69) is 33.0 Å². The van der Waals surface area contributed by atoms with Gasteiger partial charge in [-0.25, -0.2) is 0 Å². The third-order valence-corrected chi connectivity index (χ3v) is 3.62. The molecule has 1 fully saturated rings. The molecule has 0 aromatic rings. The van der Waals surface area contributed by atoms with Gasteiger partial charge in [-0.3, -0.25) is 4.79 Å². The van der Waals surface area contributed by atoms with Gasteiger partial charge in [-0.2, -0.15) is 0 Å². The number of hydrogen-bond acceptors (Lipinski definition) is 5. The van der Waals surface area contributed by atoms with Crippen LogP contribution in [0.2, 0.25) is 0 Å². The van der Waals surface area contributed by atoms with Crippen molar-refractivity contribution in [2.45, 2.75) is 64.6 Å². The Kier molecular flexibility index (Phi) is 4.65. The molecule has 1 saturated heterocycles. The zero-order valence-electron chi connectivity index (χ0n) is 12.6. The summed E-state index contributed by atoms with van der Waals surface area (Å²) in [4.78, 5) is 12.1. The highest BCUT2D eigenvalue weighted by atomic mass is 16.5. The predicted octanol–water partition coefficient (Wildman–Crippen LogP) is 0.830. The van der Waals surface area contributed by atoms with E-state index in [4.69, 9.17) is 4.74 Å². The Morgan fingerprint density at radius 2 is 1.63 bits per heavy atom. The summed E-state index contributed by atoms with van der Waals surface area (Å²) < 4.78 is 5.51. The molecule has 0 spiro atoms. The van der Waals surface area contributed by atoms with Gasteiger partial charge in [0, 0.05) is 23.9 Å². The third kappa shape index (κ3) is 4.16. The molecule has 1 rings (SSSR count).